The molecule has 2 amide bonds. The van der Waals surface area contributed by atoms with Crippen molar-refractivity contribution in [3.8, 4) is 0 Å². The van der Waals surface area contributed by atoms with E-state index in [2.05, 4.69) is 20.7 Å². The molecule has 206 valence electrons. The number of amides is 2. The molecule has 0 spiro atoms. The van der Waals surface area contributed by atoms with Crippen molar-refractivity contribution < 1.29 is 29.0 Å². The van der Waals surface area contributed by atoms with Gasteiger partial charge in [0.05, 0.1) is 18.6 Å². The average Bonchev–Trinajstić information content (AvgIpc) is 2.82. The summed E-state index contributed by atoms with van der Waals surface area (Å²) in [7, 11) is 0. The number of carboxylic acid groups (broad SMARTS) is 1. The number of nitrogens with two attached hydrogens (primary N) is 3. The molecular formula is C23H48N6O6. The Bertz CT molecular complexity index is 555. The summed E-state index contributed by atoms with van der Waals surface area (Å²) in [5.41, 5.74) is 16.5. The maximum Gasteiger partial charge on any atom is 0.505 e. The lowest BCUT2D eigenvalue weighted by Crippen LogP contribution is -2.45. The highest BCUT2D eigenvalue weighted by Gasteiger charge is 2.18. The fraction of sp³-hybridized carbons (Fsp3) is 0.870. The molecule has 0 aromatic rings. The maximum atomic E-state index is 12.3. The molecule has 0 aliphatic carbocycles. The lowest BCUT2D eigenvalue weighted by atomic mass is 10.1. The summed E-state index contributed by atoms with van der Waals surface area (Å²) >= 11 is 0. The van der Waals surface area contributed by atoms with Gasteiger partial charge in [-0.25, -0.2) is 9.59 Å². The van der Waals surface area contributed by atoms with E-state index in [9.17, 15) is 14.4 Å². The number of carbonyl (C=O) groups excluding carboxylic acids is 2. The van der Waals surface area contributed by atoms with Crippen LogP contribution in [0.1, 0.15) is 70.6 Å². The van der Waals surface area contributed by atoms with Crippen LogP contribution in [-0.2, 0) is 14.3 Å². The van der Waals surface area contributed by atoms with Crippen molar-refractivity contribution >= 4 is 18.2 Å². The van der Waals surface area contributed by atoms with Crippen molar-refractivity contribution in [2.45, 2.75) is 82.7 Å². The van der Waals surface area contributed by atoms with E-state index in [-0.39, 0.29) is 31.7 Å². The lowest BCUT2D eigenvalue weighted by Gasteiger charge is -2.21. The van der Waals surface area contributed by atoms with E-state index in [1.54, 1.807) is 0 Å². The summed E-state index contributed by atoms with van der Waals surface area (Å²) in [6.07, 6.45) is 7.51. The van der Waals surface area contributed by atoms with Crippen molar-refractivity contribution in [1.82, 2.24) is 16.0 Å². The lowest BCUT2D eigenvalue weighted by molar-refractivity contribution is -0.121. The predicted molar refractivity (Wildman–Crippen MR) is 135 cm³/mol. The summed E-state index contributed by atoms with van der Waals surface area (Å²) in [6.45, 7) is 2.55. The highest BCUT2D eigenvalue weighted by molar-refractivity contribution is 5.78. The first-order valence-electron chi connectivity index (χ1n) is 12.8. The number of unbranched alkanes of at least 4 members (excludes halogenated alkanes) is 6. The smallest absolute Gasteiger partial charge is 0.450 e. The number of hydrogen-bond acceptors (Lipinski definition) is 9. The van der Waals surface area contributed by atoms with E-state index in [1.807, 2.05) is 0 Å². The Labute approximate surface area is 209 Å². The first-order chi connectivity index (χ1) is 16.9. The monoisotopic (exact) mass is 504 g/mol. The highest BCUT2D eigenvalue weighted by Crippen LogP contribution is 2.05. The molecule has 0 saturated heterocycles. The van der Waals surface area contributed by atoms with Gasteiger partial charge in [0, 0.05) is 0 Å². The van der Waals surface area contributed by atoms with Gasteiger partial charge in [0.2, 0.25) is 5.91 Å². The second-order valence-electron chi connectivity index (χ2n) is 8.58. The van der Waals surface area contributed by atoms with Gasteiger partial charge < -0.3 is 47.7 Å². The summed E-state index contributed by atoms with van der Waals surface area (Å²) < 4.78 is 9.91. The molecule has 0 fully saturated rings. The van der Waals surface area contributed by atoms with Crippen LogP contribution in [0.5, 0.6) is 0 Å². The zero-order valence-corrected chi connectivity index (χ0v) is 21.1. The van der Waals surface area contributed by atoms with E-state index >= 15 is 0 Å². The van der Waals surface area contributed by atoms with Gasteiger partial charge in [0.25, 0.3) is 0 Å². The number of hydrogen-bond donors (Lipinski definition) is 7. The van der Waals surface area contributed by atoms with E-state index in [0.29, 0.717) is 32.4 Å². The zero-order valence-electron chi connectivity index (χ0n) is 21.1. The molecular weight excluding hydrogens is 456 g/mol. The van der Waals surface area contributed by atoms with Crippen LogP contribution in [0.15, 0.2) is 0 Å². The normalized spacial score (nSPS) is 12.5. The minimum Gasteiger partial charge on any atom is -0.450 e. The molecule has 0 radical (unpaired) electrons. The Hall–Kier alpha value is -2.15. The molecule has 0 aliphatic heterocycles. The minimum atomic E-state index is -1.41. The quantitative estimate of drug-likeness (QED) is 0.0777. The average molecular weight is 505 g/mol. The Kier molecular flexibility index (Phi) is 22.1. The van der Waals surface area contributed by atoms with Crippen LogP contribution in [-0.4, -0.2) is 81.3 Å². The number of alkyl carbamates (subject to hydrolysis) is 1. The van der Waals surface area contributed by atoms with Crippen LogP contribution in [0.2, 0.25) is 0 Å². The summed E-state index contributed by atoms with van der Waals surface area (Å²) in [6, 6.07) is -0.862. The van der Waals surface area contributed by atoms with Crippen LogP contribution in [0.4, 0.5) is 9.59 Å². The topological polar surface area (TPSA) is 204 Å². The van der Waals surface area contributed by atoms with Crippen LogP contribution in [0.3, 0.4) is 0 Å². The van der Waals surface area contributed by atoms with Crippen LogP contribution >= 0.6 is 0 Å². The van der Waals surface area contributed by atoms with E-state index < -0.39 is 18.3 Å². The molecule has 0 heterocycles. The van der Waals surface area contributed by atoms with Gasteiger partial charge in [-0.2, -0.15) is 0 Å². The third-order valence-corrected chi connectivity index (χ3v) is 5.37. The fourth-order valence-corrected chi connectivity index (χ4v) is 3.43. The van der Waals surface area contributed by atoms with E-state index in [1.165, 1.54) is 0 Å². The number of carbonyl (C=O) groups is 3. The van der Waals surface area contributed by atoms with Crippen molar-refractivity contribution in [2.75, 3.05) is 45.9 Å². The number of nitrogens with one attached hydrogen (secondary N) is 3. The Morgan fingerprint density at radius 3 is 1.80 bits per heavy atom. The van der Waals surface area contributed by atoms with Crippen molar-refractivity contribution in [3.63, 3.8) is 0 Å². The molecule has 0 bridgehead atoms. The van der Waals surface area contributed by atoms with Gasteiger partial charge in [0.15, 0.2) is 0 Å². The SMILES string of the molecule is NCCCCCCCNCC(=O)N[C@@H](CCCCN)COC(=O)N[C@H](CCCCN)COC(=O)O. The Balaban J connectivity index is 4.44. The van der Waals surface area contributed by atoms with Gasteiger partial charge in [-0.3, -0.25) is 4.79 Å². The third-order valence-electron chi connectivity index (χ3n) is 5.37. The standard InChI is InChI=1S/C23H48N6O6/c24-12-6-2-1-3-9-15-27-16-21(30)28-19(10-4-7-13-25)17-34-22(31)29-20(11-5-8-14-26)18-35-23(32)33/h19-20,27H,1-18,24-26H2,(H,28,30)(H,29,31)(H,32,33)/t19-,20+/m0/s1. The molecule has 0 aromatic heterocycles. The van der Waals surface area contributed by atoms with Gasteiger partial charge in [-0.15, -0.1) is 0 Å². The summed E-state index contributed by atoms with van der Waals surface area (Å²) in [5, 5.41) is 17.4. The van der Waals surface area contributed by atoms with Crippen molar-refractivity contribution in [2.24, 2.45) is 17.2 Å². The number of ether oxygens (including phenoxy) is 2. The first-order valence-corrected chi connectivity index (χ1v) is 12.8. The maximum absolute atomic E-state index is 12.3. The summed E-state index contributed by atoms with van der Waals surface area (Å²) in [5.74, 6) is -0.163. The minimum absolute atomic E-state index is 0.00139. The van der Waals surface area contributed by atoms with Crippen molar-refractivity contribution in [1.29, 1.82) is 0 Å². The predicted octanol–water partition coefficient (Wildman–Crippen LogP) is 1.02. The van der Waals surface area contributed by atoms with E-state index in [4.69, 9.17) is 27.0 Å². The second-order valence-corrected chi connectivity index (χ2v) is 8.58. The zero-order chi connectivity index (χ0) is 26.2. The highest BCUT2D eigenvalue weighted by atomic mass is 16.7. The van der Waals surface area contributed by atoms with Gasteiger partial charge in [-0.05, 0) is 64.7 Å². The molecule has 0 aromatic carbocycles. The van der Waals surface area contributed by atoms with Crippen LogP contribution in [0.25, 0.3) is 0 Å². The molecule has 12 nitrogen and oxygen atoms in total. The Morgan fingerprint density at radius 1 is 0.686 bits per heavy atom. The molecule has 0 saturated carbocycles. The van der Waals surface area contributed by atoms with Gasteiger partial charge in [0.1, 0.15) is 13.2 Å². The molecule has 0 unspecified atom stereocenters. The molecule has 35 heavy (non-hydrogen) atoms. The molecule has 0 aliphatic rings. The number of rotatable bonds is 23. The largest absolute Gasteiger partial charge is 0.505 e. The van der Waals surface area contributed by atoms with Gasteiger partial charge in [-0.1, -0.05) is 32.1 Å². The summed E-state index contributed by atoms with van der Waals surface area (Å²) in [4.78, 5) is 35.3. The van der Waals surface area contributed by atoms with E-state index in [0.717, 1.165) is 64.5 Å². The Morgan fingerprint density at radius 2 is 1.20 bits per heavy atom. The van der Waals surface area contributed by atoms with Crippen LogP contribution in [0, 0.1) is 0 Å². The molecule has 12 heteroatoms. The molecule has 0 rings (SSSR count). The van der Waals surface area contributed by atoms with Gasteiger partial charge >= 0.3 is 12.2 Å². The van der Waals surface area contributed by atoms with Crippen LogP contribution < -0.4 is 33.2 Å². The molecule has 10 N–H and O–H groups in total. The second kappa shape index (κ2) is 23.6. The fourth-order valence-electron chi connectivity index (χ4n) is 3.43. The van der Waals surface area contributed by atoms with Crippen molar-refractivity contribution in [3.05, 3.63) is 0 Å². The molecule has 2 atom stereocenters. The first kappa shape index (κ1) is 32.8. The third kappa shape index (κ3) is 22.1.